The Hall–Kier alpha value is -2.97. The molecule has 136 valence electrons. The van der Waals surface area contributed by atoms with Crippen LogP contribution < -0.4 is 10.1 Å². The zero-order chi connectivity index (χ0) is 18.5. The van der Waals surface area contributed by atoms with Gasteiger partial charge in [-0.05, 0) is 37.1 Å². The zero-order valence-electron chi connectivity index (χ0n) is 13.7. The van der Waals surface area contributed by atoms with E-state index in [1.165, 1.54) is 24.3 Å². The lowest BCUT2D eigenvalue weighted by atomic mass is 10.1. The summed E-state index contributed by atoms with van der Waals surface area (Å²) in [5.41, 5.74) is 1.34. The summed E-state index contributed by atoms with van der Waals surface area (Å²) in [6, 6.07) is 5.39. The number of rotatable bonds is 4. The monoisotopic (exact) mass is 364 g/mol. The molecule has 0 atom stereocenters. The molecule has 1 saturated carbocycles. The fourth-order valence-corrected chi connectivity index (χ4v) is 2.99. The molecule has 2 heterocycles. The molecule has 0 aliphatic heterocycles. The molecule has 0 spiro atoms. The number of aromatic nitrogens is 3. The maximum atomic E-state index is 12.6. The van der Waals surface area contributed by atoms with Gasteiger partial charge in [0.25, 0.3) is 5.91 Å². The summed E-state index contributed by atoms with van der Waals surface area (Å²) < 4.78 is 42.6. The topological polar surface area (TPSA) is 71.9 Å². The van der Waals surface area contributed by atoms with E-state index >= 15 is 0 Å². The third-order valence-electron chi connectivity index (χ3n) is 4.43. The van der Waals surface area contributed by atoms with E-state index < -0.39 is 11.9 Å². The van der Waals surface area contributed by atoms with E-state index in [1.54, 1.807) is 17.9 Å². The van der Waals surface area contributed by atoms with Crippen molar-refractivity contribution in [1.29, 1.82) is 0 Å². The maximum absolute atomic E-state index is 12.6. The van der Waals surface area contributed by atoms with Crippen LogP contribution in [0.15, 0.2) is 36.7 Å². The molecule has 1 aliphatic rings. The van der Waals surface area contributed by atoms with Crippen LogP contribution in [-0.2, 0) is 12.6 Å². The van der Waals surface area contributed by atoms with Crippen molar-refractivity contribution < 1.29 is 22.7 Å². The third-order valence-corrected chi connectivity index (χ3v) is 4.43. The number of nitrogens with zero attached hydrogens (tertiary/aromatic N) is 2. The Bertz CT molecular complexity index is 985. The van der Waals surface area contributed by atoms with Crippen molar-refractivity contribution in [2.45, 2.75) is 24.7 Å². The van der Waals surface area contributed by atoms with E-state index in [-0.39, 0.29) is 17.4 Å². The molecule has 9 heteroatoms. The number of aryl methyl sites for hydroxylation is 1. The minimum absolute atomic E-state index is 0.277. The predicted octanol–water partition coefficient (Wildman–Crippen LogP) is 3.22. The van der Waals surface area contributed by atoms with Crippen LogP contribution in [-0.4, -0.2) is 27.0 Å². The standard InChI is InChI=1S/C17H15F3N4O2/c1-24-9-11(8-21-24)16(4-5-16)23-15(25)14-7-10-6-12(26-17(18,19)20)2-3-13(10)22-14/h2-3,6-9,22H,4-5H2,1H3,(H,23,25). The van der Waals surface area contributed by atoms with Crippen LogP contribution in [0.1, 0.15) is 28.9 Å². The Morgan fingerprint density at radius 2 is 2.12 bits per heavy atom. The minimum Gasteiger partial charge on any atom is -0.406 e. The number of carbonyl (C=O) groups is 1. The Balaban J connectivity index is 1.56. The quantitative estimate of drug-likeness (QED) is 0.747. The maximum Gasteiger partial charge on any atom is 0.573 e. The summed E-state index contributed by atoms with van der Waals surface area (Å²) >= 11 is 0. The average Bonchev–Trinajstić information content (AvgIpc) is 3.00. The molecule has 2 aromatic heterocycles. The summed E-state index contributed by atoms with van der Waals surface area (Å²) in [7, 11) is 1.81. The first-order valence-corrected chi connectivity index (χ1v) is 7.94. The molecule has 0 saturated heterocycles. The normalized spacial score (nSPS) is 15.8. The van der Waals surface area contributed by atoms with Crippen molar-refractivity contribution in [1.82, 2.24) is 20.1 Å². The van der Waals surface area contributed by atoms with Gasteiger partial charge in [-0.25, -0.2) is 0 Å². The zero-order valence-corrected chi connectivity index (χ0v) is 13.7. The lowest BCUT2D eigenvalue weighted by Crippen LogP contribution is -2.34. The number of benzene rings is 1. The lowest BCUT2D eigenvalue weighted by Gasteiger charge is -2.15. The fourth-order valence-electron chi connectivity index (χ4n) is 2.99. The van der Waals surface area contributed by atoms with Crippen LogP contribution in [0.3, 0.4) is 0 Å². The molecule has 1 amide bonds. The summed E-state index contributed by atoms with van der Waals surface area (Å²) in [6.07, 6.45) is 0.452. The highest BCUT2D eigenvalue weighted by Crippen LogP contribution is 2.45. The second-order valence-corrected chi connectivity index (χ2v) is 6.42. The summed E-state index contributed by atoms with van der Waals surface area (Å²) in [6.45, 7) is 0. The van der Waals surface area contributed by atoms with Crippen molar-refractivity contribution in [2.75, 3.05) is 0 Å². The van der Waals surface area contributed by atoms with Crippen LogP contribution in [0.25, 0.3) is 10.9 Å². The van der Waals surface area contributed by atoms with E-state index in [9.17, 15) is 18.0 Å². The Morgan fingerprint density at radius 3 is 2.73 bits per heavy atom. The molecule has 0 radical (unpaired) electrons. The molecule has 4 rings (SSSR count). The van der Waals surface area contributed by atoms with Crippen molar-refractivity contribution in [2.24, 2.45) is 7.05 Å². The van der Waals surface area contributed by atoms with Crippen molar-refractivity contribution in [3.63, 3.8) is 0 Å². The van der Waals surface area contributed by atoms with Crippen LogP contribution in [0.4, 0.5) is 13.2 Å². The van der Waals surface area contributed by atoms with E-state index in [4.69, 9.17) is 0 Å². The van der Waals surface area contributed by atoms with Gasteiger partial charge < -0.3 is 15.0 Å². The number of amides is 1. The summed E-state index contributed by atoms with van der Waals surface area (Å²) in [5, 5.41) is 7.58. The highest BCUT2D eigenvalue weighted by Gasteiger charge is 2.46. The number of carbonyl (C=O) groups excluding carboxylic acids is 1. The smallest absolute Gasteiger partial charge is 0.406 e. The van der Waals surface area contributed by atoms with Gasteiger partial charge in [-0.3, -0.25) is 9.48 Å². The van der Waals surface area contributed by atoms with Gasteiger partial charge >= 0.3 is 6.36 Å². The second-order valence-electron chi connectivity index (χ2n) is 6.42. The van der Waals surface area contributed by atoms with E-state index in [2.05, 4.69) is 20.1 Å². The number of aromatic amines is 1. The van der Waals surface area contributed by atoms with Gasteiger partial charge in [-0.15, -0.1) is 13.2 Å². The SMILES string of the molecule is Cn1cc(C2(NC(=O)c3cc4cc(OC(F)(F)F)ccc4[nH]3)CC2)cn1. The number of ether oxygens (including phenoxy) is 1. The Morgan fingerprint density at radius 1 is 1.35 bits per heavy atom. The van der Waals surface area contributed by atoms with E-state index in [0.717, 1.165) is 18.4 Å². The van der Waals surface area contributed by atoms with E-state index in [1.807, 2.05) is 6.20 Å². The number of hydrogen-bond donors (Lipinski definition) is 2. The first-order valence-electron chi connectivity index (χ1n) is 7.94. The largest absolute Gasteiger partial charge is 0.573 e. The van der Waals surface area contributed by atoms with E-state index in [0.29, 0.717) is 10.9 Å². The Kier molecular flexibility index (Phi) is 3.50. The molecule has 1 fully saturated rings. The van der Waals surface area contributed by atoms with Gasteiger partial charge in [0.1, 0.15) is 11.4 Å². The molecule has 1 aromatic carbocycles. The van der Waals surface area contributed by atoms with Gasteiger partial charge in [0.05, 0.1) is 11.7 Å². The van der Waals surface area contributed by atoms with Gasteiger partial charge in [-0.2, -0.15) is 5.10 Å². The van der Waals surface area contributed by atoms with Crippen LogP contribution >= 0.6 is 0 Å². The van der Waals surface area contributed by atoms with Crippen LogP contribution in [0, 0.1) is 0 Å². The Labute approximate surface area is 145 Å². The highest BCUT2D eigenvalue weighted by atomic mass is 19.4. The molecule has 0 bridgehead atoms. The predicted molar refractivity (Wildman–Crippen MR) is 86.6 cm³/mol. The minimum atomic E-state index is -4.76. The van der Waals surface area contributed by atoms with Gasteiger partial charge in [0.2, 0.25) is 0 Å². The van der Waals surface area contributed by atoms with Gasteiger partial charge in [0, 0.05) is 29.7 Å². The molecular formula is C17H15F3N4O2. The summed E-state index contributed by atoms with van der Waals surface area (Å²) in [5.74, 6) is -0.647. The van der Waals surface area contributed by atoms with Crippen molar-refractivity contribution in [3.8, 4) is 5.75 Å². The molecule has 6 nitrogen and oxygen atoms in total. The number of H-pyrrole nitrogens is 1. The molecule has 3 aromatic rings. The third kappa shape index (κ3) is 3.12. The van der Waals surface area contributed by atoms with Crippen molar-refractivity contribution in [3.05, 3.63) is 47.9 Å². The van der Waals surface area contributed by atoms with Crippen molar-refractivity contribution >= 4 is 16.8 Å². The van der Waals surface area contributed by atoms with Gasteiger partial charge in [0.15, 0.2) is 0 Å². The number of halogens is 3. The fraction of sp³-hybridized carbons (Fsp3) is 0.294. The molecule has 2 N–H and O–H groups in total. The number of alkyl halides is 3. The highest BCUT2D eigenvalue weighted by molar-refractivity contribution is 5.98. The first kappa shape index (κ1) is 16.5. The lowest BCUT2D eigenvalue weighted by molar-refractivity contribution is -0.274. The molecule has 26 heavy (non-hydrogen) atoms. The number of fused-ring (bicyclic) bond motifs is 1. The second kappa shape index (κ2) is 5.52. The molecular weight excluding hydrogens is 349 g/mol. The number of hydrogen-bond acceptors (Lipinski definition) is 3. The number of nitrogens with one attached hydrogen (secondary N) is 2. The van der Waals surface area contributed by atoms with Crippen LogP contribution in [0.5, 0.6) is 5.75 Å². The first-order chi connectivity index (χ1) is 12.2. The average molecular weight is 364 g/mol. The van der Waals surface area contributed by atoms with Crippen LogP contribution in [0.2, 0.25) is 0 Å². The molecule has 1 aliphatic carbocycles. The summed E-state index contributed by atoms with van der Waals surface area (Å²) in [4.78, 5) is 15.5. The van der Waals surface area contributed by atoms with Gasteiger partial charge in [-0.1, -0.05) is 0 Å². The molecule has 0 unspecified atom stereocenters.